The normalized spacial score (nSPS) is 107. The molecule has 19 heavy (non-hydrogen) atoms. The van der Waals surface area contributed by atoms with Crippen LogP contribution < -0.4 is 0 Å². The standard InChI is InChI=1S/C18H17I/c19-18-13-5-2-6(14(13)18)12-11(5)17(12,18)16-9-3-1-4(10(9)16)8-7(3)15(8)16/h3-15H,1-2H2. The highest BCUT2D eigenvalue weighted by atomic mass is 127. The van der Waals surface area contributed by atoms with Gasteiger partial charge in [0.1, 0.15) is 0 Å². The highest BCUT2D eigenvalue weighted by Crippen LogP contribution is 3.15. The predicted molar refractivity (Wildman–Crippen MR) is 76.2 cm³/mol. The molecule has 96 valence electrons. The van der Waals surface area contributed by atoms with E-state index in [2.05, 4.69) is 22.6 Å². The second-order valence-electron chi connectivity index (χ2n) is 10.5. The lowest BCUT2D eigenvalue weighted by Gasteiger charge is -2.32. The van der Waals surface area contributed by atoms with E-state index in [1.807, 2.05) is 0 Å². The van der Waals surface area contributed by atoms with E-state index >= 15 is 0 Å². The first-order valence-electron chi connectivity index (χ1n) is 9.01. The van der Waals surface area contributed by atoms with Crippen molar-refractivity contribution >= 4 is 22.6 Å². The predicted octanol–water partition coefficient (Wildman–Crippen LogP) is 3.06. The van der Waals surface area contributed by atoms with Crippen LogP contribution in [0.5, 0.6) is 0 Å². The van der Waals surface area contributed by atoms with E-state index < -0.39 is 0 Å². The van der Waals surface area contributed by atoms with Crippen LogP contribution >= 0.6 is 22.6 Å². The molecule has 1 heteroatoms. The Balaban J connectivity index is 1.36. The Bertz CT molecular complexity index is 640. The Hall–Kier alpha value is 0.730. The van der Waals surface area contributed by atoms with Crippen LogP contribution in [-0.2, 0) is 0 Å². The smallest absolute Gasteiger partial charge is 0.0358 e. The highest BCUT2D eigenvalue weighted by Gasteiger charge is 3.14. The summed E-state index contributed by atoms with van der Waals surface area (Å²) in [5.74, 6) is 16.8. The Morgan fingerprint density at radius 1 is 0.632 bits per heavy atom. The van der Waals surface area contributed by atoms with Gasteiger partial charge in [0.25, 0.3) is 0 Å². The van der Waals surface area contributed by atoms with Crippen LogP contribution in [0.25, 0.3) is 0 Å². The second-order valence-corrected chi connectivity index (χ2v) is 12.3. The van der Waals surface area contributed by atoms with Crippen molar-refractivity contribution < 1.29 is 0 Å². The molecule has 0 aromatic rings. The van der Waals surface area contributed by atoms with Gasteiger partial charge >= 0.3 is 0 Å². The van der Waals surface area contributed by atoms with Crippen molar-refractivity contribution in [3.8, 4) is 0 Å². The quantitative estimate of drug-likeness (QED) is 0.498. The molecule has 12 unspecified atom stereocenters. The van der Waals surface area contributed by atoms with Crippen molar-refractivity contribution in [2.45, 2.75) is 16.3 Å². The summed E-state index contributed by atoms with van der Waals surface area (Å²) in [5.41, 5.74) is 2.03. The molecule has 12 fully saturated rings. The summed E-state index contributed by atoms with van der Waals surface area (Å²) in [6, 6.07) is 0. The van der Waals surface area contributed by atoms with Crippen LogP contribution in [0.4, 0.5) is 0 Å². The Labute approximate surface area is 126 Å². The van der Waals surface area contributed by atoms with Gasteiger partial charge < -0.3 is 0 Å². The summed E-state index contributed by atoms with van der Waals surface area (Å²) in [6.07, 6.45) is 3.41. The van der Waals surface area contributed by atoms with Crippen LogP contribution in [-0.4, -0.2) is 3.42 Å². The monoisotopic (exact) mass is 360 g/mol. The van der Waals surface area contributed by atoms with Gasteiger partial charge in [-0.3, -0.25) is 0 Å². The molecular formula is C18H17I. The molecule has 0 nitrogen and oxygen atoms in total. The number of halogens is 1. The Morgan fingerprint density at radius 3 is 1.63 bits per heavy atom. The maximum atomic E-state index is 3.08. The zero-order valence-electron chi connectivity index (χ0n) is 10.8. The van der Waals surface area contributed by atoms with Gasteiger partial charge in [-0.1, -0.05) is 22.6 Å². The topological polar surface area (TPSA) is 0 Å². The van der Waals surface area contributed by atoms with Gasteiger partial charge in [0.2, 0.25) is 0 Å². The lowest BCUT2D eigenvalue weighted by Crippen LogP contribution is -2.33. The lowest BCUT2D eigenvalue weighted by atomic mass is 9.75. The van der Waals surface area contributed by atoms with Crippen molar-refractivity contribution in [1.29, 1.82) is 0 Å². The molecule has 0 N–H and O–H groups in total. The first kappa shape index (κ1) is 8.39. The molecule has 0 heterocycles. The first-order chi connectivity index (χ1) is 9.32. The van der Waals surface area contributed by atoms with Gasteiger partial charge in [0.05, 0.1) is 0 Å². The van der Waals surface area contributed by atoms with Crippen molar-refractivity contribution in [3.05, 3.63) is 0 Å². The maximum Gasteiger partial charge on any atom is 0.0358 e. The van der Waals surface area contributed by atoms with E-state index in [0.29, 0.717) is 0 Å². The summed E-state index contributed by atoms with van der Waals surface area (Å²) in [6.45, 7) is 0. The third kappa shape index (κ3) is 0.385. The zero-order valence-corrected chi connectivity index (χ0v) is 13.0. The second kappa shape index (κ2) is 1.65. The molecule has 12 rings (SSSR count). The minimum absolute atomic E-state index is 0.902. The van der Waals surface area contributed by atoms with Crippen LogP contribution in [0, 0.1) is 87.8 Å². The van der Waals surface area contributed by atoms with Gasteiger partial charge in [-0.15, -0.1) is 0 Å². The number of hydrogen-bond donors (Lipinski definition) is 0. The molecule has 12 saturated carbocycles. The lowest BCUT2D eigenvalue weighted by molar-refractivity contribution is 0.189. The minimum atomic E-state index is 0.902. The highest BCUT2D eigenvalue weighted by molar-refractivity contribution is 14.1. The zero-order chi connectivity index (χ0) is 11.4. The Morgan fingerprint density at radius 2 is 1.21 bits per heavy atom. The van der Waals surface area contributed by atoms with E-state index in [0.717, 1.165) is 14.3 Å². The number of alkyl halides is 1. The SMILES string of the molecule is IC12C3C4CC(C31)C1C4C12C12C3C4C5CC(C43)C1C52. The Kier molecular flexibility index (Phi) is 0.728. The number of hydrogen-bond acceptors (Lipinski definition) is 0. The van der Waals surface area contributed by atoms with E-state index in [9.17, 15) is 0 Å². The number of rotatable bonds is 1. The van der Waals surface area contributed by atoms with Crippen LogP contribution in [0.15, 0.2) is 0 Å². The van der Waals surface area contributed by atoms with Crippen molar-refractivity contribution in [1.82, 2.24) is 0 Å². The molecule has 0 aromatic heterocycles. The van der Waals surface area contributed by atoms with Crippen LogP contribution in [0.2, 0.25) is 0 Å². The van der Waals surface area contributed by atoms with Gasteiger partial charge in [0, 0.05) is 3.42 Å². The average molecular weight is 360 g/mol. The summed E-state index contributed by atoms with van der Waals surface area (Å²) in [7, 11) is 0. The molecule has 0 aromatic carbocycles. The molecule has 12 aliphatic rings. The third-order valence-corrected chi connectivity index (χ3v) is 14.2. The molecule has 0 saturated heterocycles. The summed E-state index contributed by atoms with van der Waals surface area (Å²) in [5, 5.41) is 0. The molecule has 0 radical (unpaired) electrons. The van der Waals surface area contributed by atoms with E-state index in [1.54, 1.807) is 12.8 Å². The molecule has 0 spiro atoms. The van der Waals surface area contributed by atoms with Crippen molar-refractivity contribution in [2.24, 2.45) is 87.8 Å². The van der Waals surface area contributed by atoms with Crippen LogP contribution in [0.1, 0.15) is 12.8 Å². The molecule has 4 bridgehead atoms. The van der Waals surface area contributed by atoms with Crippen LogP contribution in [0.3, 0.4) is 0 Å². The molecule has 0 aliphatic heterocycles. The summed E-state index contributed by atoms with van der Waals surface area (Å²) in [4.78, 5) is 0. The van der Waals surface area contributed by atoms with Gasteiger partial charge in [-0.2, -0.15) is 0 Å². The van der Waals surface area contributed by atoms with Gasteiger partial charge in [-0.25, -0.2) is 0 Å². The third-order valence-electron chi connectivity index (χ3n) is 11.8. The fourth-order valence-corrected chi connectivity index (χ4v) is 15.7. The summed E-state index contributed by atoms with van der Waals surface area (Å²) >= 11 is 3.08. The van der Waals surface area contributed by atoms with Gasteiger partial charge in [0.15, 0.2) is 0 Å². The first-order valence-corrected chi connectivity index (χ1v) is 10.1. The van der Waals surface area contributed by atoms with Crippen molar-refractivity contribution in [2.75, 3.05) is 0 Å². The van der Waals surface area contributed by atoms with Gasteiger partial charge in [-0.05, 0) is 101 Å². The summed E-state index contributed by atoms with van der Waals surface area (Å²) < 4.78 is 0.902. The van der Waals surface area contributed by atoms with E-state index in [-0.39, 0.29) is 0 Å². The van der Waals surface area contributed by atoms with Crippen molar-refractivity contribution in [3.63, 3.8) is 0 Å². The molecular weight excluding hydrogens is 343 g/mol. The molecule has 0 amide bonds. The molecule has 12 atom stereocenters. The van der Waals surface area contributed by atoms with E-state index in [4.69, 9.17) is 0 Å². The maximum absolute atomic E-state index is 3.08. The average Bonchev–Trinajstić information content (AvgIpc) is 3.31. The fraction of sp³-hybridized carbons (Fsp3) is 1.00. The largest absolute Gasteiger partial charge is 0.0776 e. The fourth-order valence-electron chi connectivity index (χ4n) is 13.0. The van der Waals surface area contributed by atoms with E-state index in [1.165, 1.54) is 76.9 Å². The molecule has 12 aliphatic carbocycles. The minimum Gasteiger partial charge on any atom is -0.0776 e.